The van der Waals surface area contributed by atoms with Gasteiger partial charge in [0.2, 0.25) is 5.91 Å². The number of hydrogen-bond donors (Lipinski definition) is 3. The number of nitrogens with zero attached hydrogens (tertiary/aromatic N) is 2. The molecule has 1 unspecified atom stereocenters. The van der Waals surface area contributed by atoms with Crippen LogP contribution >= 0.6 is 11.3 Å². The standard InChI is InChI=1S/C23H29N5O2S/c1-15-21(31-14-26-15)23(30)27-18-8-11-28(12-9-18)16(2)22(29)24-10-7-17-13-25-20-6-4-3-5-19(17)20/h3-6,13-14,16,18,25H,7-12H2,1-2H3,(H,24,29)(H,27,30). The molecule has 3 aromatic rings. The monoisotopic (exact) mass is 439 g/mol. The Bertz CT molecular complexity index is 1050. The molecule has 0 aliphatic carbocycles. The fourth-order valence-corrected chi connectivity index (χ4v) is 4.88. The van der Waals surface area contributed by atoms with E-state index in [1.807, 2.05) is 32.2 Å². The number of likely N-dealkylation sites (tertiary alicyclic amines) is 1. The third-order valence-corrected chi connectivity index (χ3v) is 7.04. The van der Waals surface area contributed by atoms with Crippen molar-refractivity contribution in [3.8, 4) is 0 Å². The molecule has 164 valence electrons. The van der Waals surface area contributed by atoms with E-state index in [4.69, 9.17) is 0 Å². The molecule has 3 N–H and O–H groups in total. The summed E-state index contributed by atoms with van der Waals surface area (Å²) in [6.07, 6.45) is 4.51. The van der Waals surface area contributed by atoms with Gasteiger partial charge < -0.3 is 15.6 Å². The molecule has 8 heteroatoms. The lowest BCUT2D eigenvalue weighted by Gasteiger charge is -2.35. The van der Waals surface area contributed by atoms with Crippen molar-refractivity contribution < 1.29 is 9.59 Å². The van der Waals surface area contributed by atoms with Crippen LogP contribution in [0.15, 0.2) is 36.0 Å². The summed E-state index contributed by atoms with van der Waals surface area (Å²) in [7, 11) is 0. The van der Waals surface area contributed by atoms with Gasteiger partial charge in [0, 0.05) is 42.8 Å². The van der Waals surface area contributed by atoms with Crippen molar-refractivity contribution in [3.63, 3.8) is 0 Å². The van der Waals surface area contributed by atoms with E-state index in [0.717, 1.165) is 43.6 Å². The normalized spacial score (nSPS) is 16.3. The van der Waals surface area contributed by atoms with Gasteiger partial charge in [-0.25, -0.2) is 4.98 Å². The van der Waals surface area contributed by atoms with Crippen molar-refractivity contribution in [2.24, 2.45) is 0 Å². The van der Waals surface area contributed by atoms with E-state index >= 15 is 0 Å². The predicted molar refractivity (Wildman–Crippen MR) is 123 cm³/mol. The van der Waals surface area contributed by atoms with Crippen molar-refractivity contribution in [2.45, 2.75) is 45.2 Å². The molecular weight excluding hydrogens is 410 g/mol. The maximum Gasteiger partial charge on any atom is 0.263 e. The number of carbonyl (C=O) groups is 2. The van der Waals surface area contributed by atoms with Crippen LogP contribution in [-0.4, -0.2) is 58.4 Å². The Morgan fingerprint density at radius 1 is 1.29 bits per heavy atom. The number of thiazole rings is 1. The van der Waals surface area contributed by atoms with Crippen LogP contribution in [0.5, 0.6) is 0 Å². The molecule has 2 aromatic heterocycles. The molecule has 1 saturated heterocycles. The van der Waals surface area contributed by atoms with Gasteiger partial charge in [-0.1, -0.05) is 18.2 Å². The number of benzene rings is 1. The molecule has 1 aromatic carbocycles. The Hall–Kier alpha value is -2.71. The second kappa shape index (κ2) is 9.62. The van der Waals surface area contributed by atoms with Crippen molar-refractivity contribution in [3.05, 3.63) is 52.1 Å². The number of piperidine rings is 1. The molecule has 1 fully saturated rings. The Morgan fingerprint density at radius 2 is 2.06 bits per heavy atom. The first-order chi connectivity index (χ1) is 15.0. The Morgan fingerprint density at radius 3 is 2.81 bits per heavy atom. The average molecular weight is 440 g/mol. The number of aromatic amines is 1. The first kappa shape index (κ1) is 21.5. The Labute approximate surface area is 186 Å². The molecule has 0 saturated carbocycles. The summed E-state index contributed by atoms with van der Waals surface area (Å²) in [5.74, 6) is 0.0177. The number of carbonyl (C=O) groups excluding carboxylic acids is 2. The maximum atomic E-state index is 12.7. The fourth-order valence-electron chi connectivity index (χ4n) is 4.17. The second-order valence-electron chi connectivity index (χ2n) is 8.13. The van der Waals surface area contributed by atoms with Gasteiger partial charge in [-0.2, -0.15) is 0 Å². The molecular formula is C23H29N5O2S. The number of amides is 2. The molecule has 4 rings (SSSR count). The number of aryl methyl sites for hydroxylation is 1. The number of H-pyrrole nitrogens is 1. The van der Waals surface area contributed by atoms with Crippen LogP contribution in [0.3, 0.4) is 0 Å². The summed E-state index contributed by atoms with van der Waals surface area (Å²) in [6.45, 7) is 6.02. The number of aromatic nitrogens is 2. The number of nitrogens with one attached hydrogen (secondary N) is 3. The highest BCUT2D eigenvalue weighted by atomic mass is 32.1. The number of hydrogen-bond acceptors (Lipinski definition) is 5. The van der Waals surface area contributed by atoms with E-state index in [1.165, 1.54) is 22.3 Å². The number of rotatable bonds is 7. The van der Waals surface area contributed by atoms with Crippen LogP contribution in [0.25, 0.3) is 10.9 Å². The van der Waals surface area contributed by atoms with E-state index in [1.54, 1.807) is 5.51 Å². The highest BCUT2D eigenvalue weighted by molar-refractivity contribution is 7.11. The van der Waals surface area contributed by atoms with Gasteiger partial charge in [0.25, 0.3) is 5.91 Å². The number of fused-ring (bicyclic) bond motifs is 1. The average Bonchev–Trinajstić information content (AvgIpc) is 3.40. The lowest BCUT2D eigenvalue weighted by atomic mass is 10.0. The van der Waals surface area contributed by atoms with Crippen LogP contribution in [-0.2, 0) is 11.2 Å². The molecule has 1 aliphatic heterocycles. The molecule has 3 heterocycles. The van der Waals surface area contributed by atoms with Crippen molar-refractivity contribution in [1.82, 2.24) is 25.5 Å². The summed E-state index contributed by atoms with van der Waals surface area (Å²) >= 11 is 1.37. The zero-order valence-electron chi connectivity index (χ0n) is 18.0. The summed E-state index contributed by atoms with van der Waals surface area (Å²) in [5.41, 5.74) is 4.82. The first-order valence-electron chi connectivity index (χ1n) is 10.8. The fraction of sp³-hybridized carbons (Fsp3) is 0.435. The smallest absolute Gasteiger partial charge is 0.263 e. The van der Waals surface area contributed by atoms with E-state index < -0.39 is 0 Å². The van der Waals surface area contributed by atoms with Crippen molar-refractivity contribution >= 4 is 34.1 Å². The van der Waals surface area contributed by atoms with Gasteiger partial charge in [-0.05, 0) is 44.7 Å². The van der Waals surface area contributed by atoms with Gasteiger partial charge in [0.1, 0.15) is 4.88 Å². The Balaban J connectivity index is 1.21. The highest BCUT2D eigenvalue weighted by Crippen LogP contribution is 2.18. The largest absolute Gasteiger partial charge is 0.361 e. The summed E-state index contributed by atoms with van der Waals surface area (Å²) < 4.78 is 0. The molecule has 31 heavy (non-hydrogen) atoms. The molecule has 0 radical (unpaired) electrons. The highest BCUT2D eigenvalue weighted by Gasteiger charge is 2.27. The van der Waals surface area contributed by atoms with E-state index in [2.05, 4.69) is 37.6 Å². The molecule has 1 aliphatic rings. The van der Waals surface area contributed by atoms with Crippen LogP contribution in [0.1, 0.15) is 40.7 Å². The molecule has 7 nitrogen and oxygen atoms in total. The van der Waals surface area contributed by atoms with Crippen molar-refractivity contribution in [2.75, 3.05) is 19.6 Å². The molecule has 1 atom stereocenters. The summed E-state index contributed by atoms with van der Waals surface area (Å²) in [4.78, 5) is 35.3. The molecule has 0 spiro atoms. The lowest BCUT2D eigenvalue weighted by molar-refractivity contribution is -0.126. The van der Waals surface area contributed by atoms with Gasteiger partial charge in [0.05, 0.1) is 17.2 Å². The Kier molecular flexibility index (Phi) is 6.67. The van der Waals surface area contributed by atoms with E-state index in [9.17, 15) is 9.59 Å². The van der Waals surface area contributed by atoms with E-state index in [0.29, 0.717) is 11.4 Å². The van der Waals surface area contributed by atoms with Crippen LogP contribution in [0.4, 0.5) is 0 Å². The van der Waals surface area contributed by atoms with Crippen LogP contribution < -0.4 is 10.6 Å². The third kappa shape index (κ3) is 4.97. The SMILES string of the molecule is Cc1ncsc1C(=O)NC1CCN(C(C)C(=O)NCCc2c[nH]c3ccccc23)CC1. The minimum absolute atomic E-state index is 0.0403. The minimum atomic E-state index is -0.177. The number of para-hydroxylation sites is 1. The van der Waals surface area contributed by atoms with Crippen molar-refractivity contribution in [1.29, 1.82) is 0 Å². The second-order valence-corrected chi connectivity index (χ2v) is 8.98. The van der Waals surface area contributed by atoms with Gasteiger partial charge in [-0.3, -0.25) is 14.5 Å². The quantitative estimate of drug-likeness (QED) is 0.528. The zero-order chi connectivity index (χ0) is 21.8. The van der Waals surface area contributed by atoms with Gasteiger partial charge in [0.15, 0.2) is 0 Å². The summed E-state index contributed by atoms with van der Waals surface area (Å²) in [6, 6.07) is 8.17. The maximum absolute atomic E-state index is 12.7. The van der Waals surface area contributed by atoms with Crippen LogP contribution in [0.2, 0.25) is 0 Å². The minimum Gasteiger partial charge on any atom is -0.361 e. The molecule has 2 amide bonds. The molecule has 0 bridgehead atoms. The summed E-state index contributed by atoms with van der Waals surface area (Å²) in [5, 5.41) is 7.41. The van der Waals surface area contributed by atoms with Gasteiger partial charge in [-0.15, -0.1) is 11.3 Å². The first-order valence-corrected chi connectivity index (χ1v) is 11.7. The third-order valence-electron chi connectivity index (χ3n) is 6.11. The lowest BCUT2D eigenvalue weighted by Crippen LogP contribution is -2.51. The topological polar surface area (TPSA) is 90.1 Å². The van der Waals surface area contributed by atoms with Gasteiger partial charge >= 0.3 is 0 Å². The predicted octanol–water partition coefficient (Wildman–Crippen LogP) is 2.87. The zero-order valence-corrected chi connectivity index (χ0v) is 18.8. The van der Waals surface area contributed by atoms with Crippen LogP contribution in [0, 0.1) is 6.92 Å². The van der Waals surface area contributed by atoms with E-state index in [-0.39, 0.29) is 23.9 Å².